The molecule has 0 saturated heterocycles. The van der Waals surface area contributed by atoms with Crippen LogP contribution in [0.4, 0.5) is 0 Å². The highest BCUT2D eigenvalue weighted by Gasteiger charge is 2.45. The number of hydrogen-bond donors (Lipinski definition) is 0. The van der Waals surface area contributed by atoms with E-state index in [4.69, 9.17) is 9.47 Å². The Labute approximate surface area is 223 Å². The van der Waals surface area contributed by atoms with Gasteiger partial charge in [-0.1, -0.05) is 79.7 Å². The first-order valence-corrected chi connectivity index (χ1v) is 13.6. The number of carbonyl (C=O) groups is 2. The summed E-state index contributed by atoms with van der Waals surface area (Å²) in [6, 6.07) is 24.9. The van der Waals surface area contributed by atoms with Crippen LogP contribution in [0.25, 0.3) is 21.5 Å². The normalized spacial score (nSPS) is 19.5. The van der Waals surface area contributed by atoms with E-state index in [2.05, 4.69) is 60.7 Å². The van der Waals surface area contributed by atoms with E-state index < -0.39 is 10.8 Å². The first-order chi connectivity index (χ1) is 18.2. The Balaban J connectivity index is 1.17. The first-order valence-electron chi connectivity index (χ1n) is 13.6. The third-order valence-corrected chi connectivity index (χ3v) is 8.71. The van der Waals surface area contributed by atoms with Crippen molar-refractivity contribution in [3.8, 4) is 0 Å². The van der Waals surface area contributed by atoms with Crippen molar-refractivity contribution in [2.75, 3.05) is 0 Å². The average molecular weight is 507 g/mol. The van der Waals surface area contributed by atoms with Crippen molar-refractivity contribution < 1.29 is 19.1 Å². The molecule has 2 aliphatic carbocycles. The Morgan fingerprint density at radius 2 is 1.16 bits per heavy atom. The van der Waals surface area contributed by atoms with Gasteiger partial charge in [0.2, 0.25) is 0 Å². The van der Waals surface area contributed by atoms with Crippen LogP contribution in [0, 0.1) is 10.8 Å². The molecule has 194 valence electrons. The molecule has 38 heavy (non-hydrogen) atoms. The van der Waals surface area contributed by atoms with Crippen LogP contribution in [0.3, 0.4) is 0 Å². The molecule has 4 aromatic rings. The Morgan fingerprint density at radius 3 is 1.63 bits per heavy atom. The number of carbonyl (C=O) groups excluding carboxylic acids is 2. The predicted octanol–water partition coefficient (Wildman–Crippen LogP) is 7.81. The largest absolute Gasteiger partial charge is 0.457 e. The van der Waals surface area contributed by atoms with E-state index in [1.54, 1.807) is 0 Å². The molecule has 3 unspecified atom stereocenters. The molecule has 4 nitrogen and oxygen atoms in total. The van der Waals surface area contributed by atoms with Gasteiger partial charge in [0.15, 0.2) is 0 Å². The van der Waals surface area contributed by atoms with E-state index in [9.17, 15) is 9.59 Å². The highest BCUT2D eigenvalue weighted by Crippen LogP contribution is 2.45. The van der Waals surface area contributed by atoms with Gasteiger partial charge in [-0.05, 0) is 66.3 Å². The van der Waals surface area contributed by atoms with Crippen molar-refractivity contribution in [1.29, 1.82) is 0 Å². The SMILES string of the molecule is CCC(C)(CC(C)(C)C(=O)OC1Cc2cccc3cccc1c23)C(=O)OC1Cc2cccc3cccc1c23. The molecule has 0 fully saturated rings. The fraction of sp³-hybridized carbons (Fsp3) is 0.353. The summed E-state index contributed by atoms with van der Waals surface area (Å²) in [4.78, 5) is 27.2. The Morgan fingerprint density at radius 1 is 0.711 bits per heavy atom. The van der Waals surface area contributed by atoms with E-state index in [1.807, 2.05) is 39.8 Å². The maximum Gasteiger partial charge on any atom is 0.312 e. The fourth-order valence-electron chi connectivity index (χ4n) is 6.56. The minimum absolute atomic E-state index is 0.256. The number of esters is 2. The van der Waals surface area contributed by atoms with E-state index in [0.717, 1.165) is 11.1 Å². The van der Waals surface area contributed by atoms with Crippen LogP contribution < -0.4 is 0 Å². The van der Waals surface area contributed by atoms with Crippen LogP contribution in [0.2, 0.25) is 0 Å². The lowest BCUT2D eigenvalue weighted by atomic mass is 9.72. The highest BCUT2D eigenvalue weighted by atomic mass is 16.6. The summed E-state index contributed by atoms with van der Waals surface area (Å²) in [5.74, 6) is -0.536. The molecular formula is C34H34O4. The summed E-state index contributed by atoms with van der Waals surface area (Å²) in [6.45, 7) is 7.66. The summed E-state index contributed by atoms with van der Waals surface area (Å²) < 4.78 is 12.3. The lowest BCUT2D eigenvalue weighted by Gasteiger charge is -2.35. The zero-order chi connectivity index (χ0) is 26.7. The summed E-state index contributed by atoms with van der Waals surface area (Å²) >= 11 is 0. The first kappa shape index (κ1) is 24.7. The zero-order valence-electron chi connectivity index (χ0n) is 22.5. The van der Waals surface area contributed by atoms with Gasteiger partial charge in [-0.15, -0.1) is 0 Å². The van der Waals surface area contributed by atoms with E-state index in [1.165, 1.54) is 32.7 Å². The second-order valence-corrected chi connectivity index (χ2v) is 11.9. The lowest BCUT2D eigenvalue weighted by molar-refractivity contribution is -0.169. The van der Waals surface area contributed by atoms with Gasteiger partial charge in [0.05, 0.1) is 10.8 Å². The Bertz CT molecular complexity index is 1570. The minimum Gasteiger partial charge on any atom is -0.457 e. The second-order valence-electron chi connectivity index (χ2n) is 11.9. The topological polar surface area (TPSA) is 52.6 Å². The van der Waals surface area contributed by atoms with Crippen molar-refractivity contribution in [3.05, 3.63) is 95.1 Å². The summed E-state index contributed by atoms with van der Waals surface area (Å²) in [7, 11) is 0. The fourth-order valence-corrected chi connectivity index (χ4v) is 6.56. The summed E-state index contributed by atoms with van der Waals surface area (Å²) in [5, 5.41) is 4.73. The molecule has 6 rings (SSSR count). The highest BCUT2D eigenvalue weighted by molar-refractivity contribution is 5.93. The van der Waals surface area contributed by atoms with Crippen molar-refractivity contribution in [3.63, 3.8) is 0 Å². The van der Waals surface area contributed by atoms with E-state index >= 15 is 0 Å². The Kier molecular flexibility index (Phi) is 5.82. The molecule has 0 radical (unpaired) electrons. The summed E-state index contributed by atoms with van der Waals surface area (Å²) in [6.07, 6.45) is 1.67. The monoisotopic (exact) mass is 506 g/mol. The van der Waals surface area contributed by atoms with Crippen molar-refractivity contribution >= 4 is 33.5 Å². The quantitative estimate of drug-likeness (QED) is 0.240. The molecule has 0 saturated carbocycles. The standard InChI is InChI=1S/C34H34O4/c1-5-34(4,32(36)38-28-19-24-15-7-11-22-13-9-17-26(28)30(22)24)20-33(2,3)31(35)37-27-18-23-14-6-10-21-12-8-16-25(27)29(21)23/h6-17,27-28H,5,18-20H2,1-4H3. The molecule has 0 aromatic heterocycles. The number of ether oxygens (including phenoxy) is 2. The van der Waals surface area contributed by atoms with E-state index in [0.29, 0.717) is 25.7 Å². The van der Waals surface area contributed by atoms with Crippen LogP contribution in [0.5, 0.6) is 0 Å². The van der Waals surface area contributed by atoms with Gasteiger partial charge >= 0.3 is 11.9 Å². The van der Waals surface area contributed by atoms with Crippen LogP contribution in [0.1, 0.15) is 75.0 Å². The molecule has 0 heterocycles. The molecular weight excluding hydrogens is 472 g/mol. The second kappa shape index (κ2) is 8.97. The number of benzene rings is 4. The minimum atomic E-state index is -0.856. The molecule has 2 aliphatic rings. The molecule has 0 aliphatic heterocycles. The van der Waals surface area contributed by atoms with E-state index in [-0.39, 0.29) is 24.1 Å². The van der Waals surface area contributed by atoms with Crippen molar-refractivity contribution in [1.82, 2.24) is 0 Å². The maximum atomic E-state index is 13.7. The third-order valence-electron chi connectivity index (χ3n) is 8.71. The van der Waals surface area contributed by atoms with Gasteiger partial charge in [0.1, 0.15) is 12.2 Å². The summed E-state index contributed by atoms with van der Waals surface area (Å²) in [5.41, 5.74) is 2.89. The molecule has 4 heteroatoms. The van der Waals surface area contributed by atoms with Crippen LogP contribution >= 0.6 is 0 Å². The Hall–Kier alpha value is -3.66. The van der Waals surface area contributed by atoms with Crippen LogP contribution in [-0.4, -0.2) is 11.9 Å². The molecule has 4 aromatic carbocycles. The van der Waals surface area contributed by atoms with Gasteiger partial charge in [-0.3, -0.25) is 9.59 Å². The van der Waals surface area contributed by atoms with Crippen molar-refractivity contribution in [2.45, 2.75) is 65.6 Å². The molecule has 0 N–H and O–H groups in total. The molecule has 0 bridgehead atoms. The van der Waals surface area contributed by atoms with Crippen LogP contribution in [-0.2, 0) is 31.9 Å². The zero-order valence-corrected chi connectivity index (χ0v) is 22.5. The molecule has 0 spiro atoms. The van der Waals surface area contributed by atoms with Gasteiger partial charge in [0, 0.05) is 24.0 Å². The predicted molar refractivity (Wildman–Crippen MR) is 150 cm³/mol. The smallest absolute Gasteiger partial charge is 0.312 e. The van der Waals surface area contributed by atoms with Gasteiger partial charge in [-0.2, -0.15) is 0 Å². The maximum absolute atomic E-state index is 13.7. The lowest BCUT2D eigenvalue weighted by Crippen LogP contribution is -2.39. The average Bonchev–Trinajstić information content (AvgIpc) is 3.44. The van der Waals surface area contributed by atoms with Crippen molar-refractivity contribution in [2.24, 2.45) is 10.8 Å². The molecule has 3 atom stereocenters. The number of hydrogen-bond acceptors (Lipinski definition) is 4. The van der Waals surface area contributed by atoms with Crippen LogP contribution in [0.15, 0.2) is 72.8 Å². The van der Waals surface area contributed by atoms with Gasteiger partial charge < -0.3 is 9.47 Å². The third kappa shape index (κ3) is 3.98. The number of rotatable bonds is 7. The van der Waals surface area contributed by atoms with Gasteiger partial charge in [-0.25, -0.2) is 0 Å². The van der Waals surface area contributed by atoms with Gasteiger partial charge in [0.25, 0.3) is 0 Å². The molecule has 0 amide bonds.